The standard InChI is InChI=1S/C13H12N2O4/c1-15-9(13(16)17)7-14-12(15)8-2-3-10-11(6-8)19-5-4-18-10/h2-3,6-7H,4-5H2,1H3,(H,16,17). The summed E-state index contributed by atoms with van der Waals surface area (Å²) in [7, 11) is 1.67. The first-order valence-corrected chi connectivity index (χ1v) is 5.82. The van der Waals surface area contributed by atoms with Crippen molar-refractivity contribution < 1.29 is 19.4 Å². The van der Waals surface area contributed by atoms with Crippen LogP contribution in [0, 0.1) is 0 Å². The predicted octanol–water partition coefficient (Wildman–Crippen LogP) is 1.56. The summed E-state index contributed by atoms with van der Waals surface area (Å²) in [6.07, 6.45) is 1.34. The van der Waals surface area contributed by atoms with Crippen molar-refractivity contribution in [2.24, 2.45) is 7.05 Å². The second kappa shape index (κ2) is 4.31. The van der Waals surface area contributed by atoms with E-state index in [1.54, 1.807) is 13.1 Å². The highest BCUT2D eigenvalue weighted by Crippen LogP contribution is 2.34. The SMILES string of the molecule is Cn1c(C(=O)O)cnc1-c1ccc2c(c1)OCCO2. The molecule has 0 aliphatic carbocycles. The third-order valence-electron chi connectivity index (χ3n) is 3.01. The van der Waals surface area contributed by atoms with E-state index in [0.29, 0.717) is 30.5 Å². The quantitative estimate of drug-likeness (QED) is 0.887. The molecule has 2 aromatic rings. The van der Waals surface area contributed by atoms with Gasteiger partial charge >= 0.3 is 5.97 Å². The van der Waals surface area contributed by atoms with Gasteiger partial charge in [0.05, 0.1) is 6.20 Å². The number of imidazole rings is 1. The molecule has 6 heteroatoms. The van der Waals surface area contributed by atoms with E-state index in [-0.39, 0.29) is 5.69 Å². The molecule has 0 saturated heterocycles. The van der Waals surface area contributed by atoms with Gasteiger partial charge in [0.2, 0.25) is 0 Å². The van der Waals surface area contributed by atoms with Crippen molar-refractivity contribution in [3.05, 3.63) is 30.1 Å². The predicted molar refractivity (Wildman–Crippen MR) is 66.6 cm³/mol. The lowest BCUT2D eigenvalue weighted by Gasteiger charge is -2.18. The lowest BCUT2D eigenvalue weighted by Crippen LogP contribution is -2.15. The van der Waals surface area contributed by atoms with Crippen LogP contribution in [0.3, 0.4) is 0 Å². The highest BCUT2D eigenvalue weighted by Gasteiger charge is 2.17. The van der Waals surface area contributed by atoms with Gasteiger partial charge in [-0.15, -0.1) is 0 Å². The molecule has 0 unspecified atom stereocenters. The third-order valence-corrected chi connectivity index (χ3v) is 3.01. The Labute approximate surface area is 109 Å². The van der Waals surface area contributed by atoms with Crippen LogP contribution in [0.1, 0.15) is 10.5 Å². The van der Waals surface area contributed by atoms with Gasteiger partial charge in [-0.25, -0.2) is 9.78 Å². The van der Waals surface area contributed by atoms with Gasteiger partial charge in [0.15, 0.2) is 11.5 Å². The van der Waals surface area contributed by atoms with Crippen LogP contribution in [0.15, 0.2) is 24.4 Å². The molecule has 0 fully saturated rings. The number of fused-ring (bicyclic) bond motifs is 1. The van der Waals surface area contributed by atoms with Crippen LogP contribution in [-0.4, -0.2) is 33.8 Å². The number of carboxylic acid groups (broad SMARTS) is 1. The van der Waals surface area contributed by atoms with Gasteiger partial charge in [-0.2, -0.15) is 0 Å². The highest BCUT2D eigenvalue weighted by molar-refractivity contribution is 5.86. The first-order chi connectivity index (χ1) is 9.16. The fourth-order valence-electron chi connectivity index (χ4n) is 2.06. The zero-order valence-electron chi connectivity index (χ0n) is 10.3. The van der Waals surface area contributed by atoms with E-state index in [4.69, 9.17) is 14.6 Å². The Bertz CT molecular complexity index is 648. The van der Waals surface area contributed by atoms with Crippen LogP contribution in [0.25, 0.3) is 11.4 Å². The maximum absolute atomic E-state index is 11.0. The molecule has 0 radical (unpaired) electrons. The number of nitrogens with zero attached hydrogens (tertiary/aromatic N) is 2. The molecule has 1 aromatic carbocycles. The number of aromatic carboxylic acids is 1. The molecule has 98 valence electrons. The Balaban J connectivity index is 2.05. The highest BCUT2D eigenvalue weighted by atomic mass is 16.6. The Kier molecular flexibility index (Phi) is 2.63. The summed E-state index contributed by atoms with van der Waals surface area (Å²) in [5.74, 6) is 0.930. The Morgan fingerprint density at radius 2 is 2.05 bits per heavy atom. The molecule has 2 heterocycles. The van der Waals surface area contributed by atoms with Gasteiger partial charge in [-0.05, 0) is 18.2 Å². The average Bonchev–Trinajstić information content (AvgIpc) is 2.80. The molecule has 3 rings (SSSR count). The minimum Gasteiger partial charge on any atom is -0.486 e. The summed E-state index contributed by atoms with van der Waals surface area (Å²) in [4.78, 5) is 15.1. The minimum absolute atomic E-state index is 0.143. The number of rotatable bonds is 2. The molecule has 0 amide bonds. The zero-order valence-corrected chi connectivity index (χ0v) is 10.3. The van der Waals surface area contributed by atoms with Crippen molar-refractivity contribution in [3.63, 3.8) is 0 Å². The van der Waals surface area contributed by atoms with E-state index in [2.05, 4.69) is 4.98 Å². The molecular weight excluding hydrogens is 248 g/mol. The van der Waals surface area contributed by atoms with Gasteiger partial charge < -0.3 is 19.1 Å². The molecule has 0 saturated carbocycles. The van der Waals surface area contributed by atoms with Crippen LogP contribution < -0.4 is 9.47 Å². The molecule has 19 heavy (non-hydrogen) atoms. The van der Waals surface area contributed by atoms with Gasteiger partial charge in [0, 0.05) is 12.6 Å². The van der Waals surface area contributed by atoms with Gasteiger partial charge in [-0.3, -0.25) is 0 Å². The number of hydrogen-bond acceptors (Lipinski definition) is 4. The molecule has 0 bridgehead atoms. The summed E-state index contributed by atoms with van der Waals surface area (Å²) in [5.41, 5.74) is 0.934. The number of hydrogen-bond donors (Lipinski definition) is 1. The molecule has 6 nitrogen and oxygen atoms in total. The summed E-state index contributed by atoms with van der Waals surface area (Å²) >= 11 is 0. The molecule has 1 aliphatic rings. The number of benzene rings is 1. The van der Waals surface area contributed by atoms with Crippen molar-refractivity contribution in [1.29, 1.82) is 0 Å². The largest absolute Gasteiger partial charge is 0.486 e. The maximum Gasteiger partial charge on any atom is 0.354 e. The van der Waals surface area contributed by atoms with E-state index >= 15 is 0 Å². The average molecular weight is 260 g/mol. The van der Waals surface area contributed by atoms with E-state index in [0.717, 1.165) is 5.56 Å². The van der Waals surface area contributed by atoms with E-state index in [1.165, 1.54) is 10.8 Å². The van der Waals surface area contributed by atoms with Crippen molar-refractivity contribution in [2.75, 3.05) is 13.2 Å². The Morgan fingerprint density at radius 1 is 1.32 bits per heavy atom. The van der Waals surface area contributed by atoms with Gasteiger partial charge in [0.25, 0.3) is 0 Å². The van der Waals surface area contributed by atoms with E-state index in [1.807, 2.05) is 12.1 Å². The van der Waals surface area contributed by atoms with Gasteiger partial charge in [0.1, 0.15) is 24.7 Å². The molecule has 1 aliphatic heterocycles. The lowest BCUT2D eigenvalue weighted by atomic mass is 10.2. The summed E-state index contributed by atoms with van der Waals surface area (Å²) in [6, 6.07) is 5.45. The first-order valence-electron chi connectivity index (χ1n) is 5.82. The van der Waals surface area contributed by atoms with Crippen LogP contribution in [0.4, 0.5) is 0 Å². The number of carboxylic acids is 1. The monoisotopic (exact) mass is 260 g/mol. The zero-order chi connectivity index (χ0) is 13.4. The molecule has 1 aromatic heterocycles. The van der Waals surface area contributed by atoms with Crippen LogP contribution in [-0.2, 0) is 7.05 Å². The van der Waals surface area contributed by atoms with Crippen molar-refractivity contribution >= 4 is 5.97 Å². The van der Waals surface area contributed by atoms with E-state index in [9.17, 15) is 4.79 Å². The lowest BCUT2D eigenvalue weighted by molar-refractivity contribution is 0.0686. The Morgan fingerprint density at radius 3 is 2.74 bits per heavy atom. The number of aromatic nitrogens is 2. The van der Waals surface area contributed by atoms with Crippen molar-refractivity contribution in [3.8, 4) is 22.9 Å². The molecule has 0 atom stereocenters. The first kappa shape index (κ1) is 11.6. The third kappa shape index (κ3) is 1.91. The molecule has 1 N–H and O–H groups in total. The molecule has 0 spiro atoms. The fourth-order valence-corrected chi connectivity index (χ4v) is 2.06. The summed E-state index contributed by atoms with van der Waals surface area (Å²) in [6.45, 7) is 1.05. The van der Waals surface area contributed by atoms with Crippen LogP contribution in [0.2, 0.25) is 0 Å². The second-order valence-corrected chi connectivity index (χ2v) is 4.19. The summed E-state index contributed by atoms with van der Waals surface area (Å²) in [5, 5.41) is 9.01. The Hall–Kier alpha value is -2.50. The maximum atomic E-state index is 11.0. The fraction of sp³-hybridized carbons (Fsp3) is 0.231. The normalized spacial score (nSPS) is 13.3. The van der Waals surface area contributed by atoms with Gasteiger partial charge in [-0.1, -0.05) is 0 Å². The minimum atomic E-state index is -1.00. The smallest absolute Gasteiger partial charge is 0.354 e. The second-order valence-electron chi connectivity index (χ2n) is 4.19. The number of ether oxygens (including phenoxy) is 2. The van der Waals surface area contributed by atoms with E-state index < -0.39 is 5.97 Å². The van der Waals surface area contributed by atoms with Crippen LogP contribution in [0.5, 0.6) is 11.5 Å². The molecular formula is C13H12N2O4. The van der Waals surface area contributed by atoms with Crippen LogP contribution >= 0.6 is 0 Å². The van der Waals surface area contributed by atoms with Crippen molar-refractivity contribution in [1.82, 2.24) is 9.55 Å². The topological polar surface area (TPSA) is 73.6 Å². The number of carbonyl (C=O) groups is 1. The van der Waals surface area contributed by atoms with Crippen molar-refractivity contribution in [2.45, 2.75) is 0 Å². The summed E-state index contributed by atoms with van der Waals surface area (Å²) < 4.78 is 12.5.